The van der Waals surface area contributed by atoms with Crippen LogP contribution in [0.4, 0.5) is 19.0 Å². The van der Waals surface area contributed by atoms with Crippen LogP contribution in [0.1, 0.15) is 55.8 Å². The van der Waals surface area contributed by atoms with Crippen molar-refractivity contribution in [1.29, 1.82) is 0 Å². The number of alkyl halides is 3. The molecule has 2 fully saturated rings. The number of anilines is 1. The zero-order valence-electron chi connectivity index (χ0n) is 18.2. The number of rotatable bonds is 7. The summed E-state index contributed by atoms with van der Waals surface area (Å²) in [5, 5.41) is 9.69. The van der Waals surface area contributed by atoms with E-state index in [1.807, 2.05) is 6.92 Å². The van der Waals surface area contributed by atoms with Gasteiger partial charge in [-0.2, -0.15) is 13.2 Å². The molecule has 1 atom stereocenters. The molecule has 3 rings (SSSR count). The van der Waals surface area contributed by atoms with E-state index < -0.39 is 18.1 Å². The van der Waals surface area contributed by atoms with Crippen molar-refractivity contribution < 1.29 is 27.9 Å². The highest BCUT2D eigenvalue weighted by Gasteiger charge is 2.42. The lowest BCUT2D eigenvalue weighted by Gasteiger charge is -2.34. The van der Waals surface area contributed by atoms with Gasteiger partial charge in [0.1, 0.15) is 10.8 Å². The fraction of sp³-hybridized carbons (Fsp3) is 0.682. The average molecular weight is 474 g/mol. The van der Waals surface area contributed by atoms with Gasteiger partial charge in [0.05, 0.1) is 11.5 Å². The Hall–Kier alpha value is -1.97. The quantitative estimate of drug-likeness (QED) is 0.580. The van der Waals surface area contributed by atoms with Gasteiger partial charge in [0.15, 0.2) is 0 Å². The monoisotopic (exact) mass is 473 g/mol. The van der Waals surface area contributed by atoms with Gasteiger partial charge in [-0.3, -0.25) is 9.59 Å². The molecule has 1 N–H and O–H groups in total. The summed E-state index contributed by atoms with van der Waals surface area (Å²) in [6.07, 6.45) is -1.60. The van der Waals surface area contributed by atoms with Gasteiger partial charge >= 0.3 is 12.1 Å². The van der Waals surface area contributed by atoms with Crippen molar-refractivity contribution in [3.63, 3.8) is 0 Å². The van der Waals surface area contributed by atoms with Gasteiger partial charge < -0.3 is 14.9 Å². The van der Waals surface area contributed by atoms with Crippen molar-refractivity contribution in [1.82, 2.24) is 9.88 Å². The zero-order valence-corrected chi connectivity index (χ0v) is 19.1. The van der Waals surface area contributed by atoms with Crippen molar-refractivity contribution in [3.8, 4) is 0 Å². The molecular formula is C22H30F3N3O3S. The third-order valence-corrected chi connectivity index (χ3v) is 7.27. The van der Waals surface area contributed by atoms with Crippen molar-refractivity contribution in [2.75, 3.05) is 36.8 Å². The maximum atomic E-state index is 13.1. The molecule has 0 radical (unpaired) electrons. The number of piperidine rings is 2. The minimum Gasteiger partial charge on any atom is -0.481 e. The molecule has 10 heteroatoms. The Morgan fingerprint density at radius 2 is 1.91 bits per heavy atom. The molecule has 0 aromatic carbocycles. The Bertz CT molecular complexity index is 813. The number of nitrogens with zero attached hydrogens (tertiary/aromatic N) is 3. The summed E-state index contributed by atoms with van der Waals surface area (Å²) in [5.41, 5.74) is 0.428. The first-order chi connectivity index (χ1) is 15.2. The van der Waals surface area contributed by atoms with Crippen molar-refractivity contribution in [2.45, 2.75) is 56.7 Å². The molecule has 2 aliphatic heterocycles. The van der Waals surface area contributed by atoms with Crippen LogP contribution in [0.2, 0.25) is 0 Å². The molecule has 1 amide bonds. The van der Waals surface area contributed by atoms with E-state index in [0.29, 0.717) is 23.0 Å². The average Bonchev–Trinajstić information content (AvgIpc) is 2.76. The zero-order chi connectivity index (χ0) is 23.3. The van der Waals surface area contributed by atoms with Gasteiger partial charge in [-0.05, 0) is 55.9 Å². The Balaban J connectivity index is 1.75. The molecule has 3 heterocycles. The fourth-order valence-corrected chi connectivity index (χ4v) is 5.21. The van der Waals surface area contributed by atoms with Crippen molar-refractivity contribution >= 4 is 29.5 Å². The predicted molar refractivity (Wildman–Crippen MR) is 117 cm³/mol. The maximum Gasteiger partial charge on any atom is 0.391 e. The number of carbonyl (C=O) groups is 2. The van der Waals surface area contributed by atoms with E-state index in [0.717, 1.165) is 31.6 Å². The van der Waals surface area contributed by atoms with Crippen LogP contribution in [0, 0.1) is 11.8 Å². The molecule has 6 nitrogen and oxygen atoms in total. The summed E-state index contributed by atoms with van der Waals surface area (Å²) in [7, 11) is 0. The van der Waals surface area contributed by atoms with Crippen LogP contribution >= 0.6 is 11.8 Å². The number of pyridine rings is 1. The molecule has 2 saturated heterocycles. The van der Waals surface area contributed by atoms with Gasteiger partial charge in [0.25, 0.3) is 5.91 Å². The highest BCUT2D eigenvalue weighted by molar-refractivity contribution is 7.99. The summed E-state index contributed by atoms with van der Waals surface area (Å²) in [6.45, 7) is 3.59. The molecular weight excluding hydrogens is 443 g/mol. The molecule has 0 bridgehead atoms. The first-order valence-electron chi connectivity index (χ1n) is 11.2. The fourth-order valence-electron chi connectivity index (χ4n) is 4.35. The third kappa shape index (κ3) is 6.30. The number of carbonyl (C=O) groups excluding carboxylic acids is 1. The standard InChI is InChI=1S/C22H30F3N3O3S/c1-2-12-32-20-17(21(31)27-10-7-16(8-11-27)22(23,24)25)5-6-18(26-20)28-9-3-4-15(14-28)13-19(29)30/h5-6,15-16H,2-4,7-14H2,1H3,(H,29,30)/t15-/m0/s1. The smallest absolute Gasteiger partial charge is 0.391 e. The molecule has 0 unspecified atom stereocenters. The van der Waals surface area contributed by atoms with Crippen LogP contribution in [0.3, 0.4) is 0 Å². The summed E-state index contributed by atoms with van der Waals surface area (Å²) in [6, 6.07) is 3.49. The molecule has 1 aromatic rings. The molecule has 0 aliphatic carbocycles. The van der Waals surface area contributed by atoms with Crippen LogP contribution in [-0.4, -0.2) is 65.0 Å². The highest BCUT2D eigenvalue weighted by atomic mass is 32.2. The largest absolute Gasteiger partial charge is 0.481 e. The molecule has 0 saturated carbocycles. The number of carboxylic acid groups (broad SMARTS) is 1. The number of aromatic nitrogens is 1. The Morgan fingerprint density at radius 3 is 2.53 bits per heavy atom. The van der Waals surface area contributed by atoms with Crippen LogP contribution < -0.4 is 4.90 Å². The minimum atomic E-state index is -4.21. The first kappa shape index (κ1) is 24.7. The van der Waals surface area contributed by atoms with Gasteiger partial charge in [0.2, 0.25) is 0 Å². The van der Waals surface area contributed by atoms with Crippen LogP contribution in [0.15, 0.2) is 17.2 Å². The summed E-state index contributed by atoms with van der Waals surface area (Å²) >= 11 is 1.47. The van der Waals surface area contributed by atoms with E-state index in [2.05, 4.69) is 4.90 Å². The third-order valence-electron chi connectivity index (χ3n) is 6.07. The minimum absolute atomic E-state index is 0.0611. The van der Waals surface area contributed by atoms with E-state index >= 15 is 0 Å². The SMILES string of the molecule is CCCSc1nc(N2CCC[C@@H](CC(=O)O)C2)ccc1C(=O)N1CCC(C(F)(F)F)CC1. The van der Waals surface area contributed by atoms with Crippen molar-refractivity contribution in [2.24, 2.45) is 11.8 Å². The predicted octanol–water partition coefficient (Wildman–Crippen LogP) is 4.69. The molecule has 2 aliphatic rings. The maximum absolute atomic E-state index is 13.1. The van der Waals surface area contributed by atoms with E-state index in [1.54, 1.807) is 12.1 Å². The first-order valence-corrected chi connectivity index (χ1v) is 12.1. The van der Waals surface area contributed by atoms with Gasteiger partial charge in [-0.25, -0.2) is 4.98 Å². The molecule has 0 spiro atoms. The van der Waals surface area contributed by atoms with E-state index in [1.165, 1.54) is 16.7 Å². The van der Waals surface area contributed by atoms with Gasteiger partial charge in [0, 0.05) is 32.6 Å². The second-order valence-electron chi connectivity index (χ2n) is 8.53. The van der Waals surface area contributed by atoms with E-state index in [4.69, 9.17) is 10.1 Å². The van der Waals surface area contributed by atoms with Crippen LogP contribution in [0.5, 0.6) is 0 Å². The summed E-state index contributed by atoms with van der Waals surface area (Å²) < 4.78 is 38.9. The number of thioether (sulfide) groups is 1. The number of amides is 1. The number of carboxylic acids is 1. The highest BCUT2D eigenvalue weighted by Crippen LogP contribution is 2.35. The number of likely N-dealkylation sites (tertiary alicyclic amines) is 1. The van der Waals surface area contributed by atoms with Crippen molar-refractivity contribution in [3.05, 3.63) is 17.7 Å². The Kier molecular flexibility index (Phi) is 8.30. The van der Waals surface area contributed by atoms with Gasteiger partial charge in [-0.15, -0.1) is 11.8 Å². The van der Waals surface area contributed by atoms with Crippen LogP contribution in [-0.2, 0) is 4.79 Å². The number of aliphatic carboxylic acids is 1. The number of halogens is 3. The lowest BCUT2D eigenvalue weighted by atomic mass is 9.95. The second-order valence-corrected chi connectivity index (χ2v) is 9.61. The Labute approximate surface area is 190 Å². The molecule has 178 valence electrons. The van der Waals surface area contributed by atoms with E-state index in [-0.39, 0.29) is 44.2 Å². The van der Waals surface area contributed by atoms with Crippen LogP contribution in [0.25, 0.3) is 0 Å². The Morgan fingerprint density at radius 1 is 1.19 bits per heavy atom. The summed E-state index contributed by atoms with van der Waals surface area (Å²) in [4.78, 5) is 32.5. The van der Waals surface area contributed by atoms with Gasteiger partial charge in [-0.1, -0.05) is 6.92 Å². The lowest BCUT2D eigenvalue weighted by molar-refractivity contribution is -0.183. The summed E-state index contributed by atoms with van der Waals surface area (Å²) in [5.74, 6) is -0.880. The van der Waals surface area contributed by atoms with E-state index in [9.17, 15) is 22.8 Å². The normalized spacial score (nSPS) is 20.4. The topological polar surface area (TPSA) is 73.7 Å². The second kappa shape index (κ2) is 10.8. The number of hydrogen-bond acceptors (Lipinski definition) is 5. The molecule has 1 aromatic heterocycles. The number of hydrogen-bond donors (Lipinski definition) is 1. The lowest BCUT2D eigenvalue weighted by Crippen LogP contribution is -2.42. The molecule has 32 heavy (non-hydrogen) atoms.